The number of sulfonamides is 1. The van der Waals surface area contributed by atoms with Gasteiger partial charge in [0, 0.05) is 23.0 Å². The number of rotatable bonds is 6. The molecule has 2 N–H and O–H groups in total. The van der Waals surface area contributed by atoms with Gasteiger partial charge in [0.25, 0.3) is 0 Å². The maximum atomic E-state index is 12.2. The first-order valence-electron chi connectivity index (χ1n) is 5.34. The molecule has 0 fully saturated rings. The van der Waals surface area contributed by atoms with Gasteiger partial charge in [-0.05, 0) is 29.0 Å². The molecule has 0 radical (unpaired) electrons. The highest BCUT2D eigenvalue weighted by Gasteiger charge is 2.20. The molecule has 0 amide bonds. The summed E-state index contributed by atoms with van der Waals surface area (Å²) in [7, 11) is -1.69. The number of halogens is 1. The van der Waals surface area contributed by atoms with Gasteiger partial charge < -0.3 is 5.32 Å². The smallest absolute Gasteiger partial charge is 0.242 e. The van der Waals surface area contributed by atoms with E-state index < -0.39 is 10.0 Å². The molecule has 2 aromatic heterocycles. The van der Waals surface area contributed by atoms with Crippen molar-refractivity contribution in [2.24, 2.45) is 0 Å². The average Bonchev–Trinajstić information content (AvgIpc) is 2.97. The first-order valence-corrected chi connectivity index (χ1v) is 9.31. The second-order valence-corrected chi connectivity index (χ2v) is 8.80. The zero-order chi connectivity index (χ0) is 13.9. The van der Waals surface area contributed by atoms with Crippen molar-refractivity contribution in [3.05, 3.63) is 31.3 Å². The zero-order valence-electron chi connectivity index (χ0n) is 10.0. The molecular weight excluding hydrogens is 370 g/mol. The second kappa shape index (κ2) is 6.42. The Morgan fingerprint density at radius 3 is 2.84 bits per heavy atom. The van der Waals surface area contributed by atoms with Crippen molar-refractivity contribution in [2.75, 3.05) is 7.05 Å². The summed E-state index contributed by atoms with van der Waals surface area (Å²) in [4.78, 5) is 5.28. The zero-order valence-corrected chi connectivity index (χ0v) is 14.0. The van der Waals surface area contributed by atoms with E-state index >= 15 is 0 Å². The molecule has 0 saturated carbocycles. The molecule has 0 aliphatic heterocycles. The SMILES string of the molecule is CNCc1cc(S(=O)(=O)NCc2nccs2)c(Br)s1. The quantitative estimate of drug-likeness (QED) is 0.803. The number of thiazole rings is 1. The largest absolute Gasteiger partial charge is 0.315 e. The third kappa shape index (κ3) is 3.83. The first kappa shape index (κ1) is 15.1. The maximum Gasteiger partial charge on any atom is 0.242 e. The highest BCUT2D eigenvalue weighted by atomic mass is 79.9. The van der Waals surface area contributed by atoms with Crippen LogP contribution in [0.5, 0.6) is 0 Å². The summed E-state index contributed by atoms with van der Waals surface area (Å²) in [6.07, 6.45) is 1.65. The fourth-order valence-corrected chi connectivity index (χ4v) is 5.74. The Labute approximate surface area is 128 Å². The van der Waals surface area contributed by atoms with Crippen molar-refractivity contribution in [1.29, 1.82) is 0 Å². The molecule has 0 aliphatic rings. The van der Waals surface area contributed by atoms with Crippen LogP contribution in [0.1, 0.15) is 9.88 Å². The fourth-order valence-electron chi connectivity index (χ4n) is 1.42. The van der Waals surface area contributed by atoms with E-state index in [1.54, 1.807) is 12.3 Å². The molecule has 19 heavy (non-hydrogen) atoms. The Hall–Kier alpha value is -0.320. The van der Waals surface area contributed by atoms with Gasteiger partial charge in [0.2, 0.25) is 10.0 Å². The van der Waals surface area contributed by atoms with Crippen molar-refractivity contribution in [2.45, 2.75) is 18.0 Å². The van der Waals surface area contributed by atoms with Gasteiger partial charge in [-0.2, -0.15) is 0 Å². The van der Waals surface area contributed by atoms with E-state index in [9.17, 15) is 8.42 Å². The van der Waals surface area contributed by atoms with E-state index in [-0.39, 0.29) is 11.4 Å². The number of nitrogens with one attached hydrogen (secondary N) is 2. The fraction of sp³-hybridized carbons (Fsp3) is 0.300. The predicted molar refractivity (Wildman–Crippen MR) is 80.9 cm³/mol. The number of aromatic nitrogens is 1. The van der Waals surface area contributed by atoms with E-state index in [0.717, 1.165) is 9.88 Å². The second-order valence-electron chi connectivity index (χ2n) is 3.63. The van der Waals surface area contributed by atoms with Crippen LogP contribution in [0, 0.1) is 0 Å². The minimum Gasteiger partial charge on any atom is -0.315 e. The lowest BCUT2D eigenvalue weighted by Gasteiger charge is -2.03. The van der Waals surface area contributed by atoms with Crippen molar-refractivity contribution in [3.63, 3.8) is 0 Å². The number of nitrogens with zero attached hydrogens (tertiary/aromatic N) is 1. The Morgan fingerprint density at radius 2 is 2.21 bits per heavy atom. The number of thiophene rings is 1. The Bertz CT molecular complexity index is 637. The summed E-state index contributed by atoms with van der Waals surface area (Å²) in [5.41, 5.74) is 0. The molecule has 2 heterocycles. The van der Waals surface area contributed by atoms with Gasteiger partial charge in [0.1, 0.15) is 9.90 Å². The molecule has 0 bridgehead atoms. The van der Waals surface area contributed by atoms with E-state index in [1.807, 2.05) is 12.4 Å². The monoisotopic (exact) mass is 381 g/mol. The lowest BCUT2D eigenvalue weighted by Crippen LogP contribution is -2.23. The normalized spacial score (nSPS) is 11.9. The molecule has 0 unspecified atom stereocenters. The van der Waals surface area contributed by atoms with Crippen LogP contribution >= 0.6 is 38.6 Å². The van der Waals surface area contributed by atoms with Crippen LogP contribution in [-0.2, 0) is 23.1 Å². The summed E-state index contributed by atoms with van der Waals surface area (Å²) >= 11 is 6.13. The lowest BCUT2D eigenvalue weighted by molar-refractivity contribution is 0.581. The van der Waals surface area contributed by atoms with Crippen LogP contribution in [0.3, 0.4) is 0 Å². The van der Waals surface area contributed by atoms with E-state index in [1.165, 1.54) is 22.7 Å². The van der Waals surface area contributed by atoms with Crippen LogP contribution in [0.25, 0.3) is 0 Å². The van der Waals surface area contributed by atoms with Gasteiger partial charge in [-0.25, -0.2) is 18.1 Å². The number of hydrogen-bond donors (Lipinski definition) is 2. The summed E-state index contributed by atoms with van der Waals surface area (Å²) in [6.45, 7) is 0.856. The van der Waals surface area contributed by atoms with Crippen LogP contribution in [0.15, 0.2) is 26.3 Å². The van der Waals surface area contributed by atoms with Crippen LogP contribution in [0.4, 0.5) is 0 Å². The van der Waals surface area contributed by atoms with Crippen molar-refractivity contribution < 1.29 is 8.42 Å². The molecule has 104 valence electrons. The van der Waals surface area contributed by atoms with Crippen molar-refractivity contribution in [1.82, 2.24) is 15.0 Å². The number of hydrogen-bond acceptors (Lipinski definition) is 6. The molecule has 0 aromatic carbocycles. The van der Waals surface area contributed by atoms with Crippen molar-refractivity contribution in [3.8, 4) is 0 Å². The minimum atomic E-state index is -3.51. The summed E-state index contributed by atoms with van der Waals surface area (Å²) in [6, 6.07) is 1.68. The van der Waals surface area contributed by atoms with Gasteiger partial charge in [-0.15, -0.1) is 22.7 Å². The highest BCUT2D eigenvalue weighted by molar-refractivity contribution is 9.11. The lowest BCUT2D eigenvalue weighted by atomic mass is 10.5. The van der Waals surface area contributed by atoms with Crippen LogP contribution < -0.4 is 10.0 Å². The maximum absolute atomic E-state index is 12.2. The Balaban J connectivity index is 2.14. The van der Waals surface area contributed by atoms with Crippen molar-refractivity contribution >= 4 is 48.6 Å². The standard InChI is InChI=1S/C10H12BrN3O2S3/c1-12-5-7-4-8(10(11)18-7)19(15,16)14-6-9-13-2-3-17-9/h2-4,12,14H,5-6H2,1H3. The average molecular weight is 382 g/mol. The molecular formula is C10H12BrN3O2S3. The van der Waals surface area contributed by atoms with E-state index in [4.69, 9.17) is 0 Å². The first-order chi connectivity index (χ1) is 9.03. The highest BCUT2D eigenvalue weighted by Crippen LogP contribution is 2.31. The molecule has 2 aromatic rings. The third-order valence-corrected chi connectivity index (χ3v) is 6.68. The molecule has 0 spiro atoms. The van der Waals surface area contributed by atoms with Gasteiger partial charge in [-0.3, -0.25) is 0 Å². The van der Waals surface area contributed by atoms with E-state index in [2.05, 4.69) is 31.0 Å². The van der Waals surface area contributed by atoms with Gasteiger partial charge >= 0.3 is 0 Å². The molecule has 0 aliphatic carbocycles. The molecule has 5 nitrogen and oxygen atoms in total. The molecule has 0 atom stereocenters. The molecule has 0 saturated heterocycles. The molecule has 9 heteroatoms. The Morgan fingerprint density at radius 1 is 1.42 bits per heavy atom. The minimum absolute atomic E-state index is 0.212. The van der Waals surface area contributed by atoms with Gasteiger partial charge in [-0.1, -0.05) is 0 Å². The topological polar surface area (TPSA) is 71.1 Å². The van der Waals surface area contributed by atoms with E-state index in [0.29, 0.717) is 10.3 Å². The van der Waals surface area contributed by atoms with Crippen LogP contribution in [0.2, 0.25) is 0 Å². The summed E-state index contributed by atoms with van der Waals surface area (Å²) in [5, 5.41) is 5.55. The predicted octanol–water partition coefficient (Wildman–Crippen LogP) is 2.17. The van der Waals surface area contributed by atoms with Gasteiger partial charge in [0.05, 0.1) is 10.3 Å². The molecule has 2 rings (SSSR count). The summed E-state index contributed by atoms with van der Waals surface area (Å²) < 4.78 is 27.5. The van der Waals surface area contributed by atoms with Gasteiger partial charge in [0.15, 0.2) is 0 Å². The third-order valence-electron chi connectivity index (χ3n) is 2.24. The Kier molecular flexibility index (Phi) is 5.09. The van der Waals surface area contributed by atoms with Crippen LogP contribution in [-0.4, -0.2) is 20.4 Å². The summed E-state index contributed by atoms with van der Waals surface area (Å²) in [5.74, 6) is 0.